The predicted octanol–water partition coefficient (Wildman–Crippen LogP) is 3.78. The summed E-state index contributed by atoms with van der Waals surface area (Å²) >= 11 is 0. The van der Waals surface area contributed by atoms with E-state index in [0.717, 1.165) is 31.2 Å². The molecular weight excluding hydrogens is 300 g/mol. The molecule has 2 aliphatic rings. The lowest BCUT2D eigenvalue weighted by Gasteiger charge is -2.43. The third kappa shape index (κ3) is 3.44. The molecule has 0 spiro atoms. The first kappa shape index (κ1) is 17.3. The average Bonchev–Trinajstić information content (AvgIpc) is 2.48. The van der Waals surface area contributed by atoms with E-state index in [1.807, 2.05) is 12.1 Å². The van der Waals surface area contributed by atoms with Crippen molar-refractivity contribution in [1.29, 1.82) is 0 Å². The second-order valence-corrected chi connectivity index (χ2v) is 8.67. The maximum absolute atomic E-state index is 12.8. The Hall–Kier alpha value is -1.55. The van der Waals surface area contributed by atoms with Crippen LogP contribution >= 0.6 is 0 Å². The van der Waals surface area contributed by atoms with Gasteiger partial charge in [-0.3, -0.25) is 4.79 Å². The van der Waals surface area contributed by atoms with Crippen molar-refractivity contribution in [3.05, 3.63) is 23.8 Å². The molecule has 2 unspecified atom stereocenters. The van der Waals surface area contributed by atoms with Gasteiger partial charge in [0.1, 0.15) is 5.75 Å². The Balaban J connectivity index is 1.73. The molecule has 2 saturated carbocycles. The lowest BCUT2D eigenvalue weighted by Crippen LogP contribution is -2.48. The van der Waals surface area contributed by atoms with Gasteiger partial charge in [-0.25, -0.2) is 0 Å². The summed E-state index contributed by atoms with van der Waals surface area (Å²) in [6.45, 7) is 6.36. The van der Waals surface area contributed by atoms with Gasteiger partial charge in [-0.2, -0.15) is 0 Å². The molecule has 2 bridgehead atoms. The number of phenolic OH excluding ortho intramolecular Hbond substituents is 1. The van der Waals surface area contributed by atoms with Crippen LogP contribution in [0, 0.1) is 17.8 Å². The Morgan fingerprint density at radius 1 is 1.21 bits per heavy atom. The summed E-state index contributed by atoms with van der Waals surface area (Å²) in [4.78, 5) is 12.8. The van der Waals surface area contributed by atoms with Crippen LogP contribution in [-0.2, 0) is 10.2 Å². The van der Waals surface area contributed by atoms with Crippen LogP contribution in [0.4, 0.5) is 5.69 Å². The van der Waals surface area contributed by atoms with Crippen LogP contribution in [0.15, 0.2) is 18.2 Å². The van der Waals surface area contributed by atoms with Crippen molar-refractivity contribution in [3.63, 3.8) is 0 Å². The minimum Gasteiger partial charge on any atom is -0.506 e. The van der Waals surface area contributed by atoms with Crippen LogP contribution in [0.1, 0.15) is 58.4 Å². The zero-order valence-electron chi connectivity index (χ0n) is 15.0. The number of hydrogen-bond donors (Lipinski definition) is 3. The zero-order chi connectivity index (χ0) is 17.5. The second kappa shape index (κ2) is 6.40. The van der Waals surface area contributed by atoms with Gasteiger partial charge < -0.3 is 16.2 Å². The highest BCUT2D eigenvalue weighted by atomic mass is 16.3. The van der Waals surface area contributed by atoms with Crippen molar-refractivity contribution >= 4 is 11.6 Å². The number of anilines is 1. The number of carbonyl (C=O) groups excluding carboxylic acids is 1. The normalized spacial score (nSPS) is 30.0. The topological polar surface area (TPSA) is 75.3 Å². The highest BCUT2D eigenvalue weighted by Crippen LogP contribution is 2.42. The van der Waals surface area contributed by atoms with Gasteiger partial charge in [-0.15, -0.1) is 0 Å². The Morgan fingerprint density at radius 3 is 2.42 bits per heavy atom. The van der Waals surface area contributed by atoms with Gasteiger partial charge in [0.05, 0.1) is 5.69 Å². The smallest absolute Gasteiger partial charge is 0.227 e. The van der Waals surface area contributed by atoms with Gasteiger partial charge in [0.15, 0.2) is 0 Å². The van der Waals surface area contributed by atoms with Crippen LogP contribution in [0.25, 0.3) is 0 Å². The fourth-order valence-corrected chi connectivity index (χ4v) is 4.34. The summed E-state index contributed by atoms with van der Waals surface area (Å²) < 4.78 is 0. The predicted molar refractivity (Wildman–Crippen MR) is 97.0 cm³/mol. The summed E-state index contributed by atoms with van der Waals surface area (Å²) in [5.74, 6) is 1.12. The highest BCUT2D eigenvalue weighted by molar-refractivity contribution is 5.94. The highest BCUT2D eigenvalue weighted by Gasteiger charge is 2.40. The van der Waals surface area contributed by atoms with E-state index >= 15 is 0 Å². The van der Waals surface area contributed by atoms with E-state index in [2.05, 4.69) is 26.1 Å². The molecule has 24 heavy (non-hydrogen) atoms. The molecule has 1 aromatic carbocycles. The first-order chi connectivity index (χ1) is 11.3. The molecule has 0 saturated heterocycles. The Bertz CT molecular complexity index is 607. The number of carbonyl (C=O) groups is 1. The Labute approximate surface area is 144 Å². The number of benzene rings is 1. The van der Waals surface area contributed by atoms with E-state index in [-0.39, 0.29) is 29.0 Å². The molecule has 0 aliphatic heterocycles. The van der Waals surface area contributed by atoms with Crippen molar-refractivity contribution in [3.8, 4) is 5.75 Å². The number of fused-ring (bicyclic) bond motifs is 2. The van der Waals surface area contributed by atoms with Gasteiger partial charge in [-0.1, -0.05) is 33.3 Å². The molecule has 0 heterocycles. The minimum atomic E-state index is -0.0260. The average molecular weight is 330 g/mol. The molecule has 132 valence electrons. The fraction of sp³-hybridized carbons (Fsp3) is 0.650. The molecule has 4 heteroatoms. The van der Waals surface area contributed by atoms with Crippen LogP contribution in [-0.4, -0.2) is 17.1 Å². The van der Waals surface area contributed by atoms with Gasteiger partial charge in [0, 0.05) is 12.0 Å². The lowest BCUT2D eigenvalue weighted by molar-refractivity contribution is -0.122. The van der Waals surface area contributed by atoms with Gasteiger partial charge in [0.2, 0.25) is 5.91 Å². The van der Waals surface area contributed by atoms with Crippen LogP contribution < -0.4 is 11.1 Å². The Morgan fingerprint density at radius 2 is 1.83 bits per heavy atom. The second-order valence-electron chi connectivity index (χ2n) is 8.67. The standard InChI is InChI=1S/C20H30N2O2/c1-20(2,3)15-7-8-17(23)16(11-15)22-19(24)14-9-12-5-4-6-13(10-14)18(12)21/h7-8,11-14,18,23H,4-6,9-10,21H2,1-3H3,(H,22,24). The number of amides is 1. The summed E-state index contributed by atoms with van der Waals surface area (Å²) in [6, 6.07) is 5.74. The Kier molecular flexibility index (Phi) is 4.60. The van der Waals surface area contributed by atoms with Crippen molar-refractivity contribution in [2.24, 2.45) is 23.5 Å². The first-order valence-electron chi connectivity index (χ1n) is 9.15. The molecule has 1 aromatic rings. The van der Waals surface area contributed by atoms with E-state index < -0.39 is 0 Å². The van der Waals surface area contributed by atoms with E-state index in [4.69, 9.17) is 5.73 Å². The van der Waals surface area contributed by atoms with Crippen LogP contribution in [0.5, 0.6) is 5.75 Å². The molecule has 4 N–H and O–H groups in total. The number of hydrogen-bond acceptors (Lipinski definition) is 3. The molecule has 3 rings (SSSR count). The SMILES string of the molecule is CC(C)(C)c1ccc(O)c(NC(=O)C2CC3CCCC(C2)C3N)c1. The number of nitrogens with two attached hydrogens (primary N) is 1. The largest absolute Gasteiger partial charge is 0.506 e. The number of phenols is 1. The van der Waals surface area contributed by atoms with Crippen LogP contribution in [0.2, 0.25) is 0 Å². The van der Waals surface area contributed by atoms with E-state index in [0.29, 0.717) is 17.5 Å². The zero-order valence-corrected chi connectivity index (χ0v) is 15.0. The molecule has 2 atom stereocenters. The van der Waals surface area contributed by atoms with Crippen molar-refractivity contribution in [2.45, 2.75) is 64.3 Å². The molecular formula is C20H30N2O2. The monoisotopic (exact) mass is 330 g/mol. The van der Waals surface area contributed by atoms with E-state index in [9.17, 15) is 9.90 Å². The maximum Gasteiger partial charge on any atom is 0.227 e. The summed E-state index contributed by atoms with van der Waals surface area (Å²) in [6.07, 6.45) is 5.29. The lowest BCUT2D eigenvalue weighted by atomic mass is 9.65. The van der Waals surface area contributed by atoms with Crippen molar-refractivity contribution in [1.82, 2.24) is 0 Å². The number of nitrogens with one attached hydrogen (secondary N) is 1. The summed E-state index contributed by atoms with van der Waals surface area (Å²) in [5, 5.41) is 13.1. The molecule has 4 nitrogen and oxygen atoms in total. The van der Waals surface area contributed by atoms with Gasteiger partial charge in [-0.05, 0) is 60.6 Å². The number of rotatable bonds is 2. The third-order valence-corrected chi connectivity index (χ3v) is 5.90. The molecule has 0 radical (unpaired) electrons. The van der Waals surface area contributed by atoms with E-state index in [1.54, 1.807) is 6.07 Å². The van der Waals surface area contributed by atoms with Crippen LogP contribution in [0.3, 0.4) is 0 Å². The molecule has 2 fully saturated rings. The molecule has 1 amide bonds. The van der Waals surface area contributed by atoms with E-state index in [1.165, 1.54) is 6.42 Å². The van der Waals surface area contributed by atoms with Gasteiger partial charge in [0.25, 0.3) is 0 Å². The minimum absolute atomic E-state index is 0.0118. The van der Waals surface area contributed by atoms with Crippen molar-refractivity contribution in [2.75, 3.05) is 5.32 Å². The maximum atomic E-state index is 12.8. The number of aromatic hydroxyl groups is 1. The first-order valence-corrected chi connectivity index (χ1v) is 9.15. The molecule has 0 aromatic heterocycles. The summed E-state index contributed by atoms with van der Waals surface area (Å²) in [7, 11) is 0. The van der Waals surface area contributed by atoms with Gasteiger partial charge >= 0.3 is 0 Å². The van der Waals surface area contributed by atoms with Crippen molar-refractivity contribution < 1.29 is 9.90 Å². The molecule has 2 aliphatic carbocycles. The quantitative estimate of drug-likeness (QED) is 0.722. The summed E-state index contributed by atoms with van der Waals surface area (Å²) in [5.41, 5.74) is 7.91. The third-order valence-electron chi connectivity index (χ3n) is 5.90. The fourth-order valence-electron chi connectivity index (χ4n) is 4.34.